The molecule has 0 spiro atoms. The van der Waals surface area contributed by atoms with Crippen molar-refractivity contribution < 1.29 is 9.90 Å². The average molecular weight is 338 g/mol. The highest BCUT2D eigenvalue weighted by molar-refractivity contribution is 5.89. The molecule has 1 N–H and O–H groups in total. The van der Waals surface area contributed by atoms with Crippen LogP contribution in [0.3, 0.4) is 0 Å². The molecular weight excluding hydrogens is 308 g/mol. The molecule has 2 aromatic rings. The van der Waals surface area contributed by atoms with E-state index in [1.54, 1.807) is 6.07 Å². The minimum Gasteiger partial charge on any atom is -0.478 e. The van der Waals surface area contributed by atoms with Gasteiger partial charge in [0.25, 0.3) is 0 Å². The number of carboxylic acid groups (broad SMARTS) is 1. The van der Waals surface area contributed by atoms with Gasteiger partial charge in [0.2, 0.25) is 0 Å². The number of rotatable bonds is 9. The van der Waals surface area contributed by atoms with Crippen LogP contribution >= 0.6 is 0 Å². The van der Waals surface area contributed by atoms with E-state index in [9.17, 15) is 9.90 Å². The van der Waals surface area contributed by atoms with Crippen LogP contribution in [0.25, 0.3) is 0 Å². The monoisotopic (exact) mass is 338 g/mol. The molecule has 0 amide bonds. The lowest BCUT2D eigenvalue weighted by molar-refractivity contribution is 0.0695. The lowest BCUT2D eigenvalue weighted by Crippen LogP contribution is -2.08. The number of carboxylic acids is 1. The van der Waals surface area contributed by atoms with Gasteiger partial charge in [-0.05, 0) is 66.3 Å². The summed E-state index contributed by atoms with van der Waals surface area (Å²) in [5.41, 5.74) is 5.50. The highest BCUT2D eigenvalue weighted by Crippen LogP contribution is 2.25. The predicted octanol–water partition coefficient (Wildman–Crippen LogP) is 6.03. The van der Waals surface area contributed by atoms with Crippen molar-refractivity contribution in [2.75, 3.05) is 0 Å². The van der Waals surface area contributed by atoms with Gasteiger partial charge < -0.3 is 5.11 Å². The van der Waals surface area contributed by atoms with E-state index in [1.807, 2.05) is 6.07 Å². The molecule has 0 saturated carbocycles. The number of benzene rings is 2. The lowest BCUT2D eigenvalue weighted by Gasteiger charge is -2.16. The summed E-state index contributed by atoms with van der Waals surface area (Å²) in [6, 6.07) is 14.4. The first-order chi connectivity index (χ1) is 12.1. The summed E-state index contributed by atoms with van der Waals surface area (Å²) in [4.78, 5) is 11.6. The molecule has 0 heterocycles. The number of carbonyl (C=O) groups is 1. The molecule has 2 heteroatoms. The van der Waals surface area contributed by atoms with Crippen LogP contribution in [0, 0.1) is 0 Å². The van der Waals surface area contributed by atoms with Gasteiger partial charge in [0.15, 0.2) is 0 Å². The largest absolute Gasteiger partial charge is 0.478 e. The molecule has 2 nitrogen and oxygen atoms in total. The Morgan fingerprint density at radius 2 is 1.64 bits per heavy atom. The first-order valence-corrected chi connectivity index (χ1v) is 9.50. The summed E-state index contributed by atoms with van der Waals surface area (Å²) in [5.74, 6) is -0.255. The fourth-order valence-corrected chi connectivity index (χ4v) is 3.45. The number of hydrogen-bond acceptors (Lipinski definition) is 1. The van der Waals surface area contributed by atoms with Gasteiger partial charge in [0, 0.05) is 0 Å². The molecule has 134 valence electrons. The molecule has 0 bridgehead atoms. The molecule has 0 aliphatic carbocycles. The maximum absolute atomic E-state index is 11.6. The Morgan fingerprint density at radius 3 is 2.32 bits per heavy atom. The van der Waals surface area contributed by atoms with E-state index in [4.69, 9.17) is 0 Å². The Kier molecular flexibility index (Phi) is 7.24. The number of aryl methyl sites for hydroxylation is 2. The van der Waals surface area contributed by atoms with Gasteiger partial charge in [-0.2, -0.15) is 0 Å². The third-order valence-electron chi connectivity index (χ3n) is 5.15. The molecule has 0 aliphatic rings. The predicted molar refractivity (Wildman–Crippen MR) is 105 cm³/mol. The summed E-state index contributed by atoms with van der Waals surface area (Å²) in [6.45, 7) is 6.64. The van der Waals surface area contributed by atoms with Crippen molar-refractivity contribution >= 4 is 5.97 Å². The summed E-state index contributed by atoms with van der Waals surface area (Å²) in [7, 11) is 0. The fourth-order valence-electron chi connectivity index (χ4n) is 3.45. The quantitative estimate of drug-likeness (QED) is 0.606. The highest BCUT2D eigenvalue weighted by Gasteiger charge is 2.14. The molecule has 25 heavy (non-hydrogen) atoms. The number of aromatic carboxylic acids is 1. The van der Waals surface area contributed by atoms with Crippen molar-refractivity contribution in [1.82, 2.24) is 0 Å². The van der Waals surface area contributed by atoms with Gasteiger partial charge in [0.05, 0.1) is 5.56 Å². The molecule has 0 radical (unpaired) electrons. The van der Waals surface area contributed by atoms with Crippen LogP contribution in [0.4, 0.5) is 0 Å². The maximum Gasteiger partial charge on any atom is 0.335 e. The zero-order valence-corrected chi connectivity index (χ0v) is 15.7. The lowest BCUT2D eigenvalue weighted by atomic mass is 9.88. The van der Waals surface area contributed by atoms with E-state index >= 15 is 0 Å². The standard InChI is InChI=1S/C23H30O2/c1-4-6-12-21-19(11-9-14-22(21)23(24)25)16-15-18-10-7-8-13-20(18)17(3)5-2/h7-11,13-14,17H,4-6,12,15-16H2,1-3H3,(H,24,25). The molecule has 2 aromatic carbocycles. The minimum absolute atomic E-state index is 0.473. The van der Waals surface area contributed by atoms with Gasteiger partial charge in [-0.15, -0.1) is 0 Å². The van der Waals surface area contributed by atoms with Gasteiger partial charge in [0.1, 0.15) is 0 Å². The van der Waals surface area contributed by atoms with Crippen LogP contribution in [0.15, 0.2) is 42.5 Å². The van der Waals surface area contributed by atoms with Crippen molar-refractivity contribution in [2.45, 2.75) is 65.2 Å². The van der Waals surface area contributed by atoms with Crippen LogP contribution in [-0.2, 0) is 19.3 Å². The van der Waals surface area contributed by atoms with Crippen molar-refractivity contribution in [3.05, 3.63) is 70.3 Å². The van der Waals surface area contributed by atoms with Crippen molar-refractivity contribution in [2.24, 2.45) is 0 Å². The van der Waals surface area contributed by atoms with Crippen LogP contribution in [-0.4, -0.2) is 11.1 Å². The minimum atomic E-state index is -0.812. The van der Waals surface area contributed by atoms with E-state index in [0.29, 0.717) is 11.5 Å². The Morgan fingerprint density at radius 1 is 0.960 bits per heavy atom. The van der Waals surface area contributed by atoms with E-state index in [0.717, 1.165) is 44.1 Å². The van der Waals surface area contributed by atoms with E-state index in [2.05, 4.69) is 51.1 Å². The highest BCUT2D eigenvalue weighted by atomic mass is 16.4. The van der Waals surface area contributed by atoms with Crippen LogP contribution < -0.4 is 0 Å². The number of unbranched alkanes of at least 4 members (excludes halogenated alkanes) is 1. The first-order valence-electron chi connectivity index (χ1n) is 9.50. The first kappa shape index (κ1) is 19.2. The van der Waals surface area contributed by atoms with E-state index in [1.165, 1.54) is 16.7 Å². The van der Waals surface area contributed by atoms with Gasteiger partial charge in [-0.25, -0.2) is 4.79 Å². The van der Waals surface area contributed by atoms with E-state index in [-0.39, 0.29) is 0 Å². The summed E-state index contributed by atoms with van der Waals surface area (Å²) >= 11 is 0. The average Bonchev–Trinajstić information content (AvgIpc) is 2.64. The molecule has 0 aromatic heterocycles. The Bertz CT molecular complexity index is 703. The molecule has 0 saturated heterocycles. The molecule has 0 fully saturated rings. The third kappa shape index (κ3) is 4.94. The Labute approximate surface area is 151 Å². The van der Waals surface area contributed by atoms with Gasteiger partial charge >= 0.3 is 5.97 Å². The summed E-state index contributed by atoms with van der Waals surface area (Å²) in [6.07, 6.45) is 5.94. The van der Waals surface area contributed by atoms with Crippen molar-refractivity contribution in [1.29, 1.82) is 0 Å². The molecular formula is C23H30O2. The zero-order valence-electron chi connectivity index (χ0n) is 15.7. The third-order valence-corrected chi connectivity index (χ3v) is 5.15. The van der Waals surface area contributed by atoms with Gasteiger partial charge in [-0.1, -0.05) is 63.6 Å². The molecule has 1 unspecified atom stereocenters. The second kappa shape index (κ2) is 9.41. The van der Waals surface area contributed by atoms with Crippen LogP contribution in [0.5, 0.6) is 0 Å². The normalized spacial score (nSPS) is 12.1. The number of hydrogen-bond donors (Lipinski definition) is 1. The summed E-state index contributed by atoms with van der Waals surface area (Å²) in [5, 5.41) is 9.52. The second-order valence-electron chi connectivity index (χ2n) is 6.86. The second-order valence-corrected chi connectivity index (χ2v) is 6.86. The molecule has 2 rings (SSSR count). The maximum atomic E-state index is 11.6. The topological polar surface area (TPSA) is 37.3 Å². The zero-order chi connectivity index (χ0) is 18.2. The van der Waals surface area contributed by atoms with Gasteiger partial charge in [-0.3, -0.25) is 0 Å². The van der Waals surface area contributed by atoms with Crippen molar-refractivity contribution in [3.63, 3.8) is 0 Å². The van der Waals surface area contributed by atoms with E-state index < -0.39 is 5.97 Å². The molecule has 0 aliphatic heterocycles. The van der Waals surface area contributed by atoms with Crippen LogP contribution in [0.2, 0.25) is 0 Å². The Balaban J connectivity index is 2.26. The SMILES string of the molecule is CCCCc1c(CCc2ccccc2C(C)CC)cccc1C(=O)O. The van der Waals surface area contributed by atoms with Crippen LogP contribution in [0.1, 0.15) is 78.6 Å². The van der Waals surface area contributed by atoms with Crippen molar-refractivity contribution in [3.8, 4) is 0 Å². The summed E-state index contributed by atoms with van der Waals surface area (Å²) < 4.78 is 0. The smallest absolute Gasteiger partial charge is 0.335 e. The molecule has 1 atom stereocenters. The Hall–Kier alpha value is -2.09. The fraction of sp³-hybridized carbons (Fsp3) is 0.435.